The number of rotatable bonds is 3. The Morgan fingerprint density at radius 2 is 1.81 bits per heavy atom. The number of sulfonamides is 1. The van der Waals surface area contributed by atoms with Crippen LogP contribution in [-0.4, -0.2) is 24.2 Å². The predicted octanol–water partition coefficient (Wildman–Crippen LogP) is 1.55. The zero-order valence-corrected chi connectivity index (χ0v) is 12.7. The number of aromatic nitrogens is 2. The van der Waals surface area contributed by atoms with Crippen LogP contribution in [0.4, 0.5) is 10.6 Å². The molecule has 2 rings (SSSR count). The quantitative estimate of drug-likeness (QED) is 0.899. The molecule has 0 radical (unpaired) electrons. The van der Waals surface area contributed by atoms with Crippen molar-refractivity contribution >= 4 is 21.9 Å². The first-order chi connectivity index (χ1) is 9.78. The number of hydrogen-bond acceptors (Lipinski definition) is 4. The van der Waals surface area contributed by atoms with Crippen LogP contribution in [0.15, 0.2) is 35.2 Å². The molecule has 0 aliphatic heterocycles. The molecule has 21 heavy (non-hydrogen) atoms. The summed E-state index contributed by atoms with van der Waals surface area (Å²) in [5.74, 6) is 0.407. The van der Waals surface area contributed by atoms with Gasteiger partial charge < -0.3 is 0 Å². The van der Waals surface area contributed by atoms with Crippen LogP contribution in [-0.2, 0) is 17.1 Å². The number of nitrogens with one attached hydrogen (secondary N) is 2. The van der Waals surface area contributed by atoms with Crippen LogP contribution in [0.2, 0.25) is 0 Å². The van der Waals surface area contributed by atoms with Gasteiger partial charge in [0.05, 0.1) is 10.6 Å². The lowest BCUT2D eigenvalue weighted by Crippen LogP contribution is -2.34. The maximum Gasteiger partial charge on any atom is 0.334 e. The highest BCUT2D eigenvalue weighted by Gasteiger charge is 2.18. The van der Waals surface area contributed by atoms with Gasteiger partial charge in [-0.2, -0.15) is 5.10 Å². The number of carbonyl (C=O) groups excluding carboxylic acids is 1. The van der Waals surface area contributed by atoms with Crippen molar-refractivity contribution in [3.05, 3.63) is 41.6 Å². The van der Waals surface area contributed by atoms with Crippen molar-refractivity contribution in [1.29, 1.82) is 0 Å². The Balaban J connectivity index is 2.11. The van der Waals surface area contributed by atoms with E-state index >= 15 is 0 Å². The van der Waals surface area contributed by atoms with Gasteiger partial charge in [-0.05, 0) is 26.0 Å². The number of aryl methyl sites for hydroxylation is 3. The summed E-state index contributed by atoms with van der Waals surface area (Å²) in [4.78, 5) is 11.8. The number of nitrogens with zero attached hydrogens (tertiary/aromatic N) is 2. The topological polar surface area (TPSA) is 93.1 Å². The molecule has 112 valence electrons. The molecule has 1 aromatic carbocycles. The Bertz CT molecular complexity index is 763. The first-order valence-corrected chi connectivity index (χ1v) is 7.67. The van der Waals surface area contributed by atoms with Crippen LogP contribution >= 0.6 is 0 Å². The van der Waals surface area contributed by atoms with Gasteiger partial charge >= 0.3 is 6.03 Å². The summed E-state index contributed by atoms with van der Waals surface area (Å²) in [6.07, 6.45) is 0. The number of hydrogen-bond donors (Lipinski definition) is 2. The van der Waals surface area contributed by atoms with Crippen molar-refractivity contribution in [2.45, 2.75) is 18.7 Å². The second kappa shape index (κ2) is 5.57. The van der Waals surface area contributed by atoms with Gasteiger partial charge in [0.2, 0.25) is 0 Å². The molecule has 0 aliphatic carbocycles. The predicted molar refractivity (Wildman–Crippen MR) is 78.5 cm³/mol. The third-order valence-corrected chi connectivity index (χ3v) is 4.15. The molecule has 1 aromatic heterocycles. The second-order valence-corrected chi connectivity index (χ2v) is 6.35. The van der Waals surface area contributed by atoms with E-state index < -0.39 is 16.1 Å². The first-order valence-electron chi connectivity index (χ1n) is 6.19. The number of benzene rings is 1. The third kappa shape index (κ3) is 3.60. The lowest BCUT2D eigenvalue weighted by Gasteiger charge is -2.08. The van der Waals surface area contributed by atoms with E-state index in [1.165, 1.54) is 16.8 Å². The van der Waals surface area contributed by atoms with E-state index in [9.17, 15) is 13.2 Å². The zero-order valence-electron chi connectivity index (χ0n) is 11.9. The first kappa shape index (κ1) is 15.0. The Kier molecular flexibility index (Phi) is 3.99. The smallest absolute Gasteiger partial charge is 0.292 e. The summed E-state index contributed by atoms with van der Waals surface area (Å²) in [7, 11) is -2.24. The molecule has 0 bridgehead atoms. The van der Waals surface area contributed by atoms with Crippen LogP contribution in [0.1, 0.15) is 11.3 Å². The highest BCUT2D eigenvalue weighted by atomic mass is 32.2. The number of carbonyl (C=O) groups is 1. The molecule has 8 heteroatoms. The number of urea groups is 1. The van der Waals surface area contributed by atoms with E-state index in [-0.39, 0.29) is 4.90 Å². The van der Waals surface area contributed by atoms with Crippen LogP contribution < -0.4 is 10.0 Å². The van der Waals surface area contributed by atoms with E-state index in [0.29, 0.717) is 11.5 Å². The van der Waals surface area contributed by atoms with E-state index in [1.54, 1.807) is 32.2 Å². The molecule has 2 aromatic rings. The molecule has 0 spiro atoms. The zero-order chi connectivity index (χ0) is 15.6. The van der Waals surface area contributed by atoms with Crippen molar-refractivity contribution < 1.29 is 13.2 Å². The van der Waals surface area contributed by atoms with Crippen molar-refractivity contribution in [1.82, 2.24) is 14.5 Å². The molecular weight excluding hydrogens is 292 g/mol. The lowest BCUT2D eigenvalue weighted by molar-refractivity contribution is 0.256. The van der Waals surface area contributed by atoms with E-state index in [2.05, 4.69) is 10.4 Å². The largest absolute Gasteiger partial charge is 0.334 e. The summed E-state index contributed by atoms with van der Waals surface area (Å²) in [5, 5.41) is 6.49. The van der Waals surface area contributed by atoms with E-state index in [4.69, 9.17) is 0 Å². The Labute approximate surface area is 123 Å². The standard InChI is InChI=1S/C13H16N4O3S/c1-9-4-6-11(7-5-9)21(19,20)16-13(18)14-12-8-10(2)15-17(12)3/h4-8H,1-3H3,(H2,14,16,18). The molecule has 7 nitrogen and oxygen atoms in total. The van der Waals surface area contributed by atoms with Crippen LogP contribution in [0.25, 0.3) is 0 Å². The van der Waals surface area contributed by atoms with Crippen LogP contribution in [0.3, 0.4) is 0 Å². The Morgan fingerprint density at radius 1 is 1.19 bits per heavy atom. The molecular formula is C13H16N4O3S. The lowest BCUT2D eigenvalue weighted by atomic mass is 10.2. The average molecular weight is 308 g/mol. The minimum Gasteiger partial charge on any atom is -0.292 e. The van der Waals surface area contributed by atoms with Gasteiger partial charge in [0.15, 0.2) is 0 Å². The monoisotopic (exact) mass is 308 g/mol. The Morgan fingerprint density at radius 3 is 2.33 bits per heavy atom. The minimum absolute atomic E-state index is 0.0319. The summed E-state index contributed by atoms with van der Waals surface area (Å²) >= 11 is 0. The maximum absolute atomic E-state index is 12.0. The summed E-state index contributed by atoms with van der Waals surface area (Å²) in [6.45, 7) is 3.62. The van der Waals surface area contributed by atoms with E-state index in [1.807, 2.05) is 11.6 Å². The van der Waals surface area contributed by atoms with Crippen LogP contribution in [0, 0.1) is 13.8 Å². The molecule has 2 N–H and O–H groups in total. The molecule has 0 fully saturated rings. The summed E-state index contributed by atoms with van der Waals surface area (Å²) < 4.78 is 27.5. The van der Waals surface area contributed by atoms with Gasteiger partial charge in [0.25, 0.3) is 10.0 Å². The second-order valence-electron chi connectivity index (χ2n) is 4.67. The maximum atomic E-state index is 12.0. The van der Waals surface area contributed by atoms with Crippen molar-refractivity contribution in [2.75, 3.05) is 5.32 Å². The molecule has 0 saturated heterocycles. The summed E-state index contributed by atoms with van der Waals surface area (Å²) in [6, 6.07) is 7.02. The number of amides is 2. The highest BCUT2D eigenvalue weighted by Crippen LogP contribution is 2.11. The van der Waals surface area contributed by atoms with Gasteiger partial charge in [-0.25, -0.2) is 17.9 Å². The molecule has 1 heterocycles. The fourth-order valence-corrected chi connectivity index (χ4v) is 2.68. The SMILES string of the molecule is Cc1ccc(S(=O)(=O)NC(=O)Nc2cc(C)nn2C)cc1. The molecule has 0 saturated carbocycles. The average Bonchev–Trinajstić information content (AvgIpc) is 2.67. The van der Waals surface area contributed by atoms with Crippen molar-refractivity contribution in [3.63, 3.8) is 0 Å². The normalized spacial score (nSPS) is 11.2. The van der Waals surface area contributed by atoms with Crippen LogP contribution in [0.5, 0.6) is 0 Å². The Hall–Kier alpha value is -2.35. The third-order valence-electron chi connectivity index (χ3n) is 2.80. The van der Waals surface area contributed by atoms with Gasteiger partial charge in [0, 0.05) is 13.1 Å². The van der Waals surface area contributed by atoms with E-state index in [0.717, 1.165) is 5.56 Å². The van der Waals surface area contributed by atoms with Gasteiger partial charge in [-0.3, -0.25) is 10.00 Å². The van der Waals surface area contributed by atoms with Crippen molar-refractivity contribution in [3.8, 4) is 0 Å². The molecule has 2 amide bonds. The molecule has 0 unspecified atom stereocenters. The van der Waals surface area contributed by atoms with Gasteiger partial charge in [0.1, 0.15) is 5.82 Å². The van der Waals surface area contributed by atoms with Crippen molar-refractivity contribution in [2.24, 2.45) is 7.05 Å². The highest BCUT2D eigenvalue weighted by molar-refractivity contribution is 7.90. The summed E-state index contributed by atoms with van der Waals surface area (Å²) in [5.41, 5.74) is 1.65. The molecule has 0 aliphatic rings. The van der Waals surface area contributed by atoms with Gasteiger partial charge in [-0.1, -0.05) is 17.7 Å². The molecule has 0 atom stereocenters. The fourth-order valence-electron chi connectivity index (χ4n) is 1.77. The fraction of sp³-hybridized carbons (Fsp3) is 0.231. The number of anilines is 1. The minimum atomic E-state index is -3.89. The van der Waals surface area contributed by atoms with Gasteiger partial charge in [-0.15, -0.1) is 0 Å².